The predicted molar refractivity (Wildman–Crippen MR) is 96.6 cm³/mol. The first-order chi connectivity index (χ1) is 11.9. The van der Waals surface area contributed by atoms with E-state index in [1.165, 1.54) is 12.1 Å². The number of aliphatic imine (C=N–C) groups is 1. The molecule has 1 N–H and O–H groups in total. The Labute approximate surface area is 148 Å². The summed E-state index contributed by atoms with van der Waals surface area (Å²) in [7, 11) is 1.80. The number of nitrogens with one attached hydrogen (secondary N) is 1. The molecule has 0 aliphatic carbocycles. The highest BCUT2D eigenvalue weighted by Gasteiger charge is 2.14. The van der Waals surface area contributed by atoms with Gasteiger partial charge in [0, 0.05) is 39.3 Å². The van der Waals surface area contributed by atoms with Gasteiger partial charge in [-0.25, -0.2) is 8.78 Å². The second-order valence-electron chi connectivity index (χ2n) is 5.69. The van der Waals surface area contributed by atoms with Gasteiger partial charge < -0.3 is 15.1 Å². The minimum atomic E-state index is -0.590. The Hall–Kier alpha value is -2.18. The Morgan fingerprint density at radius 1 is 1.12 bits per heavy atom. The van der Waals surface area contributed by atoms with Gasteiger partial charge in [0.15, 0.2) is 5.96 Å². The standard InChI is InChI=1S/C18H28F2N4O/c1-5-21-18(23(4)13-17(25)24(6-2)7-3)22-9-8-14-10-15(19)12-16(20)11-14/h10-12H,5-9,13H2,1-4H3,(H,21,22). The Balaban J connectivity index is 2.70. The first-order valence-electron chi connectivity index (χ1n) is 8.63. The molecular formula is C18H28F2N4O. The third-order valence-corrected chi connectivity index (χ3v) is 3.77. The molecule has 0 saturated carbocycles. The van der Waals surface area contributed by atoms with Crippen LogP contribution in [0.4, 0.5) is 8.78 Å². The second kappa shape index (κ2) is 10.6. The monoisotopic (exact) mass is 354 g/mol. The summed E-state index contributed by atoms with van der Waals surface area (Å²) in [6, 6.07) is 3.46. The fourth-order valence-corrected chi connectivity index (χ4v) is 2.47. The summed E-state index contributed by atoms with van der Waals surface area (Å²) in [6.07, 6.45) is 0.418. The zero-order valence-electron chi connectivity index (χ0n) is 15.5. The highest BCUT2D eigenvalue weighted by Crippen LogP contribution is 2.08. The zero-order chi connectivity index (χ0) is 18.8. The molecule has 0 bridgehead atoms. The van der Waals surface area contributed by atoms with Crippen molar-refractivity contribution in [2.45, 2.75) is 27.2 Å². The van der Waals surface area contributed by atoms with Gasteiger partial charge in [-0.1, -0.05) is 0 Å². The molecule has 1 aromatic rings. The number of benzene rings is 1. The van der Waals surface area contributed by atoms with Gasteiger partial charge in [0.2, 0.25) is 5.91 Å². The number of likely N-dealkylation sites (N-methyl/N-ethyl adjacent to an activating group) is 2. The predicted octanol–water partition coefficient (Wildman–Crippen LogP) is 2.27. The lowest BCUT2D eigenvalue weighted by Crippen LogP contribution is -2.45. The van der Waals surface area contributed by atoms with Crippen molar-refractivity contribution in [3.63, 3.8) is 0 Å². The summed E-state index contributed by atoms with van der Waals surface area (Å²) in [5.41, 5.74) is 0.555. The third kappa shape index (κ3) is 7.07. The smallest absolute Gasteiger partial charge is 0.242 e. The molecular weight excluding hydrogens is 326 g/mol. The molecule has 0 aliphatic heterocycles. The number of nitrogens with zero attached hydrogens (tertiary/aromatic N) is 3. The topological polar surface area (TPSA) is 47.9 Å². The molecule has 0 saturated heterocycles. The van der Waals surface area contributed by atoms with Crippen LogP contribution in [-0.2, 0) is 11.2 Å². The van der Waals surface area contributed by atoms with Crippen LogP contribution < -0.4 is 5.32 Å². The van der Waals surface area contributed by atoms with E-state index in [0.717, 1.165) is 6.07 Å². The van der Waals surface area contributed by atoms with Gasteiger partial charge in [-0.05, 0) is 44.9 Å². The SMILES string of the molecule is CCNC(=NCCc1cc(F)cc(F)c1)N(C)CC(=O)N(CC)CC. The van der Waals surface area contributed by atoms with Crippen molar-refractivity contribution in [1.82, 2.24) is 15.1 Å². The van der Waals surface area contributed by atoms with Gasteiger partial charge in [0.1, 0.15) is 11.6 Å². The Kier molecular flexibility index (Phi) is 8.88. The van der Waals surface area contributed by atoms with Crippen molar-refractivity contribution in [2.24, 2.45) is 4.99 Å². The molecule has 0 heterocycles. The van der Waals surface area contributed by atoms with E-state index in [4.69, 9.17) is 0 Å². The van der Waals surface area contributed by atoms with E-state index < -0.39 is 11.6 Å². The van der Waals surface area contributed by atoms with Crippen LogP contribution in [0.3, 0.4) is 0 Å². The molecule has 1 rings (SSSR count). The largest absolute Gasteiger partial charge is 0.357 e. The van der Waals surface area contributed by atoms with Gasteiger partial charge in [-0.15, -0.1) is 0 Å². The maximum absolute atomic E-state index is 13.2. The van der Waals surface area contributed by atoms with E-state index in [2.05, 4.69) is 10.3 Å². The summed E-state index contributed by atoms with van der Waals surface area (Å²) in [5, 5.41) is 3.13. The summed E-state index contributed by atoms with van der Waals surface area (Å²) in [4.78, 5) is 20.2. The molecule has 25 heavy (non-hydrogen) atoms. The van der Waals surface area contributed by atoms with Crippen molar-refractivity contribution < 1.29 is 13.6 Å². The van der Waals surface area contributed by atoms with Gasteiger partial charge in [-0.2, -0.15) is 0 Å². The molecule has 7 heteroatoms. The van der Waals surface area contributed by atoms with Gasteiger partial charge >= 0.3 is 0 Å². The molecule has 0 aromatic heterocycles. The fourth-order valence-electron chi connectivity index (χ4n) is 2.47. The lowest BCUT2D eigenvalue weighted by Gasteiger charge is -2.25. The first kappa shape index (κ1) is 20.9. The summed E-state index contributed by atoms with van der Waals surface area (Å²) < 4.78 is 26.4. The fraction of sp³-hybridized carbons (Fsp3) is 0.556. The van der Waals surface area contributed by atoms with Crippen LogP contribution in [0.1, 0.15) is 26.3 Å². The highest BCUT2D eigenvalue weighted by molar-refractivity contribution is 5.86. The molecule has 5 nitrogen and oxygen atoms in total. The van der Waals surface area contributed by atoms with Crippen molar-refractivity contribution in [2.75, 3.05) is 39.8 Å². The first-order valence-corrected chi connectivity index (χ1v) is 8.63. The second-order valence-corrected chi connectivity index (χ2v) is 5.69. The molecule has 1 amide bonds. The maximum Gasteiger partial charge on any atom is 0.242 e. The van der Waals surface area contributed by atoms with Gasteiger partial charge in [-0.3, -0.25) is 9.79 Å². The summed E-state index contributed by atoms with van der Waals surface area (Å²) in [5.74, 6) is -0.550. The van der Waals surface area contributed by atoms with Crippen molar-refractivity contribution in [3.05, 3.63) is 35.4 Å². The summed E-state index contributed by atoms with van der Waals surface area (Å²) in [6.45, 7) is 8.42. The minimum Gasteiger partial charge on any atom is -0.357 e. The number of guanidine groups is 1. The molecule has 0 radical (unpaired) electrons. The van der Waals surface area contributed by atoms with Crippen LogP contribution in [0.5, 0.6) is 0 Å². The van der Waals surface area contributed by atoms with E-state index >= 15 is 0 Å². The van der Waals surface area contributed by atoms with Crippen LogP contribution in [0.15, 0.2) is 23.2 Å². The quantitative estimate of drug-likeness (QED) is 0.575. The average molecular weight is 354 g/mol. The van der Waals surface area contributed by atoms with Crippen LogP contribution in [0, 0.1) is 11.6 Å². The Morgan fingerprint density at radius 3 is 2.24 bits per heavy atom. The molecule has 0 atom stereocenters. The van der Waals surface area contributed by atoms with E-state index in [1.807, 2.05) is 20.8 Å². The van der Waals surface area contributed by atoms with Crippen molar-refractivity contribution >= 4 is 11.9 Å². The molecule has 1 aromatic carbocycles. The molecule has 0 unspecified atom stereocenters. The lowest BCUT2D eigenvalue weighted by atomic mass is 10.1. The minimum absolute atomic E-state index is 0.0327. The van der Waals surface area contributed by atoms with Crippen LogP contribution in [0.2, 0.25) is 0 Å². The van der Waals surface area contributed by atoms with Crippen LogP contribution in [0.25, 0.3) is 0 Å². The zero-order valence-corrected chi connectivity index (χ0v) is 15.5. The third-order valence-electron chi connectivity index (χ3n) is 3.77. The van der Waals surface area contributed by atoms with Crippen LogP contribution >= 0.6 is 0 Å². The van der Waals surface area contributed by atoms with Crippen molar-refractivity contribution in [3.8, 4) is 0 Å². The lowest BCUT2D eigenvalue weighted by molar-refractivity contribution is -0.131. The van der Waals surface area contributed by atoms with Gasteiger partial charge in [0.25, 0.3) is 0 Å². The highest BCUT2D eigenvalue weighted by atomic mass is 19.1. The van der Waals surface area contributed by atoms with E-state index in [1.54, 1.807) is 16.8 Å². The maximum atomic E-state index is 13.2. The normalized spacial score (nSPS) is 11.4. The molecule has 0 spiro atoms. The number of rotatable bonds is 8. The Morgan fingerprint density at radius 2 is 1.72 bits per heavy atom. The van der Waals surface area contributed by atoms with Crippen molar-refractivity contribution in [1.29, 1.82) is 0 Å². The molecule has 140 valence electrons. The molecule has 0 fully saturated rings. The average Bonchev–Trinajstić information content (AvgIpc) is 2.54. The van der Waals surface area contributed by atoms with E-state index in [-0.39, 0.29) is 12.5 Å². The number of hydrogen-bond donors (Lipinski definition) is 1. The number of halogens is 2. The molecule has 0 aliphatic rings. The number of carbonyl (C=O) groups excluding carboxylic acids is 1. The number of amides is 1. The van der Waals surface area contributed by atoms with E-state index in [0.29, 0.717) is 44.1 Å². The van der Waals surface area contributed by atoms with Crippen LogP contribution in [-0.4, -0.2) is 61.4 Å². The number of hydrogen-bond acceptors (Lipinski definition) is 2. The van der Waals surface area contributed by atoms with E-state index in [9.17, 15) is 13.6 Å². The Bertz CT molecular complexity index is 568. The number of carbonyl (C=O) groups is 1. The van der Waals surface area contributed by atoms with Gasteiger partial charge in [0.05, 0.1) is 6.54 Å². The summed E-state index contributed by atoms with van der Waals surface area (Å²) >= 11 is 0.